The predicted octanol–water partition coefficient (Wildman–Crippen LogP) is 0.385. The molecule has 2 heteroatoms. The van der Waals surface area contributed by atoms with Crippen molar-refractivity contribution in [2.75, 3.05) is 0 Å². The minimum absolute atomic E-state index is 0.400. The molecule has 0 aromatic heterocycles. The number of terminal acetylenes is 1. The Hall–Kier alpha value is -0.970. The van der Waals surface area contributed by atoms with E-state index in [1.165, 1.54) is 6.92 Å². The largest absolute Gasteiger partial charge is 0.449 e. The highest BCUT2D eigenvalue weighted by Crippen LogP contribution is 1.85. The van der Waals surface area contributed by atoms with Crippen molar-refractivity contribution in [1.82, 2.24) is 0 Å². The van der Waals surface area contributed by atoms with E-state index in [4.69, 9.17) is 6.42 Å². The van der Waals surface area contributed by atoms with E-state index in [1.807, 2.05) is 0 Å². The molecule has 8 heavy (non-hydrogen) atoms. The smallest absolute Gasteiger partial charge is 0.303 e. The molecule has 0 fully saturated rings. The molecule has 1 radical (unpaired) electrons. The van der Waals surface area contributed by atoms with E-state index in [2.05, 4.69) is 17.6 Å². The van der Waals surface area contributed by atoms with Gasteiger partial charge in [-0.1, -0.05) is 5.92 Å². The second-order valence-corrected chi connectivity index (χ2v) is 1.26. The van der Waals surface area contributed by atoms with E-state index in [1.54, 1.807) is 0 Å². The lowest BCUT2D eigenvalue weighted by Gasteiger charge is -2.01. The lowest BCUT2D eigenvalue weighted by molar-refractivity contribution is -0.142. The van der Waals surface area contributed by atoms with Crippen molar-refractivity contribution < 1.29 is 9.53 Å². The van der Waals surface area contributed by atoms with Gasteiger partial charge in [0.2, 0.25) is 0 Å². The van der Waals surface area contributed by atoms with Gasteiger partial charge in [-0.05, 0) is 0 Å². The number of carbonyl (C=O) groups is 1. The summed E-state index contributed by atoms with van der Waals surface area (Å²) in [4.78, 5) is 10.1. The summed E-state index contributed by atoms with van der Waals surface area (Å²) >= 11 is 0. The standard InChI is InChI=1S/C6H7O2/c1-4-5(2)8-6(3)7/h1,5H,2H2,3H3. The summed E-state index contributed by atoms with van der Waals surface area (Å²) in [5.74, 6) is 1.74. The molecule has 0 spiro atoms. The van der Waals surface area contributed by atoms with Gasteiger partial charge in [-0.2, -0.15) is 0 Å². The minimum Gasteiger partial charge on any atom is -0.449 e. The van der Waals surface area contributed by atoms with Gasteiger partial charge in [0.25, 0.3) is 0 Å². The van der Waals surface area contributed by atoms with E-state index >= 15 is 0 Å². The first-order valence-electron chi connectivity index (χ1n) is 2.13. The van der Waals surface area contributed by atoms with Crippen LogP contribution in [0.2, 0.25) is 0 Å². The third-order valence-corrected chi connectivity index (χ3v) is 0.494. The Bertz CT molecular complexity index is 121. The molecule has 0 amide bonds. The highest BCUT2D eigenvalue weighted by atomic mass is 16.5. The fraction of sp³-hybridized carbons (Fsp3) is 0.333. The number of esters is 1. The average Bonchev–Trinajstić information content (AvgIpc) is 1.65. The summed E-state index contributed by atoms with van der Waals surface area (Å²) in [5, 5.41) is 0. The summed E-state index contributed by atoms with van der Waals surface area (Å²) in [7, 11) is 0. The summed E-state index contributed by atoms with van der Waals surface area (Å²) in [5.41, 5.74) is 0. The Balaban J connectivity index is 3.43. The summed E-state index contributed by atoms with van der Waals surface area (Å²) < 4.78 is 4.41. The fourth-order valence-corrected chi connectivity index (χ4v) is 0.234. The van der Waals surface area contributed by atoms with Gasteiger partial charge in [0.05, 0.1) is 0 Å². The van der Waals surface area contributed by atoms with Crippen LogP contribution in [-0.2, 0) is 9.53 Å². The van der Waals surface area contributed by atoms with E-state index in [-0.39, 0.29) is 0 Å². The van der Waals surface area contributed by atoms with Crippen molar-refractivity contribution in [2.24, 2.45) is 0 Å². The predicted molar refractivity (Wildman–Crippen MR) is 29.7 cm³/mol. The number of rotatable bonds is 1. The van der Waals surface area contributed by atoms with Crippen LogP contribution in [0.4, 0.5) is 0 Å². The van der Waals surface area contributed by atoms with Crippen molar-refractivity contribution in [2.45, 2.75) is 13.0 Å². The van der Waals surface area contributed by atoms with Crippen LogP contribution < -0.4 is 0 Å². The Morgan fingerprint density at radius 2 is 2.50 bits per heavy atom. The molecule has 0 aliphatic carbocycles. The van der Waals surface area contributed by atoms with Crippen LogP contribution in [0.25, 0.3) is 0 Å². The van der Waals surface area contributed by atoms with Crippen molar-refractivity contribution in [3.8, 4) is 12.3 Å². The molecule has 0 N–H and O–H groups in total. The second-order valence-electron chi connectivity index (χ2n) is 1.26. The third kappa shape index (κ3) is 3.23. The SMILES string of the molecule is C#CC([CH2])OC(C)=O. The maximum absolute atomic E-state index is 10.1. The normalized spacial score (nSPS) is 11.6. The topological polar surface area (TPSA) is 26.3 Å². The average molecular weight is 111 g/mol. The molecule has 0 aromatic carbocycles. The van der Waals surface area contributed by atoms with Gasteiger partial charge >= 0.3 is 5.97 Å². The lowest BCUT2D eigenvalue weighted by atomic mass is 10.4. The van der Waals surface area contributed by atoms with Gasteiger partial charge in [-0.15, -0.1) is 6.42 Å². The minimum atomic E-state index is -0.646. The van der Waals surface area contributed by atoms with Crippen molar-refractivity contribution in [3.63, 3.8) is 0 Å². The zero-order valence-corrected chi connectivity index (χ0v) is 4.68. The Morgan fingerprint density at radius 1 is 2.00 bits per heavy atom. The van der Waals surface area contributed by atoms with Gasteiger partial charge in [0.15, 0.2) is 6.10 Å². The van der Waals surface area contributed by atoms with E-state index in [9.17, 15) is 4.79 Å². The number of carbonyl (C=O) groups excluding carboxylic acids is 1. The van der Waals surface area contributed by atoms with Crippen molar-refractivity contribution in [3.05, 3.63) is 6.92 Å². The molecule has 0 aliphatic heterocycles. The number of hydrogen-bond acceptors (Lipinski definition) is 2. The zero-order valence-electron chi connectivity index (χ0n) is 4.68. The van der Waals surface area contributed by atoms with Gasteiger partial charge in [0.1, 0.15) is 0 Å². The van der Waals surface area contributed by atoms with Crippen LogP contribution in [0, 0.1) is 19.3 Å². The second kappa shape index (κ2) is 3.09. The molecule has 0 aliphatic rings. The van der Waals surface area contributed by atoms with Gasteiger partial charge in [0, 0.05) is 13.8 Å². The molecule has 0 saturated carbocycles. The monoisotopic (exact) mass is 111 g/mol. The lowest BCUT2D eigenvalue weighted by Crippen LogP contribution is -2.09. The molecule has 0 rings (SSSR count). The first-order valence-corrected chi connectivity index (χ1v) is 2.13. The van der Waals surface area contributed by atoms with Gasteiger partial charge < -0.3 is 4.74 Å². The quantitative estimate of drug-likeness (QED) is 0.361. The van der Waals surface area contributed by atoms with Gasteiger partial charge in [-0.3, -0.25) is 4.79 Å². The first-order chi connectivity index (χ1) is 3.66. The Kier molecular flexibility index (Phi) is 2.71. The Labute approximate surface area is 48.8 Å². The molecular formula is C6H7O2. The van der Waals surface area contributed by atoms with Crippen molar-refractivity contribution in [1.29, 1.82) is 0 Å². The summed E-state index contributed by atoms with van der Waals surface area (Å²) in [6.45, 7) is 4.60. The van der Waals surface area contributed by atoms with E-state index in [0.717, 1.165) is 0 Å². The molecule has 43 valence electrons. The summed E-state index contributed by atoms with van der Waals surface area (Å²) in [6, 6.07) is 0. The van der Waals surface area contributed by atoms with Crippen molar-refractivity contribution >= 4 is 5.97 Å². The van der Waals surface area contributed by atoms with Gasteiger partial charge in [-0.25, -0.2) is 0 Å². The number of hydrogen-bond donors (Lipinski definition) is 0. The first kappa shape index (κ1) is 7.03. The number of ether oxygens (including phenoxy) is 1. The highest BCUT2D eigenvalue weighted by molar-refractivity contribution is 5.66. The van der Waals surface area contributed by atoms with E-state index in [0.29, 0.717) is 0 Å². The molecule has 0 heterocycles. The fourth-order valence-electron chi connectivity index (χ4n) is 0.234. The van der Waals surface area contributed by atoms with Crippen LogP contribution in [0.3, 0.4) is 0 Å². The van der Waals surface area contributed by atoms with Crippen LogP contribution in [-0.4, -0.2) is 12.1 Å². The molecule has 1 atom stereocenters. The van der Waals surface area contributed by atoms with E-state index < -0.39 is 12.1 Å². The zero-order chi connectivity index (χ0) is 6.57. The van der Waals surface area contributed by atoms with Crippen LogP contribution in [0.5, 0.6) is 0 Å². The molecule has 0 aromatic rings. The molecule has 0 saturated heterocycles. The molecule has 2 nitrogen and oxygen atoms in total. The maximum Gasteiger partial charge on any atom is 0.303 e. The van der Waals surface area contributed by atoms with Crippen LogP contribution in [0.1, 0.15) is 6.92 Å². The molecular weight excluding hydrogens is 104 g/mol. The Morgan fingerprint density at radius 3 is 2.62 bits per heavy atom. The summed E-state index contributed by atoms with van der Waals surface area (Å²) in [6.07, 6.45) is 4.18. The highest BCUT2D eigenvalue weighted by Gasteiger charge is 1.97. The maximum atomic E-state index is 10.1. The molecule has 0 bridgehead atoms. The molecule has 1 unspecified atom stereocenters. The van der Waals surface area contributed by atoms with Crippen LogP contribution in [0.15, 0.2) is 0 Å². The third-order valence-electron chi connectivity index (χ3n) is 0.494. The van der Waals surface area contributed by atoms with Crippen LogP contribution >= 0.6 is 0 Å².